The van der Waals surface area contributed by atoms with Crippen LogP contribution in [0, 0.1) is 0 Å². The second-order valence-electron chi connectivity index (χ2n) is 5.95. The summed E-state index contributed by atoms with van der Waals surface area (Å²) in [5, 5.41) is 1.24. The highest BCUT2D eigenvalue weighted by molar-refractivity contribution is 7.98. The van der Waals surface area contributed by atoms with Crippen LogP contribution in [-0.4, -0.2) is 29.4 Å². The number of methoxy groups -OCH3 is 1. The predicted octanol–water partition coefficient (Wildman–Crippen LogP) is 4.60. The molecule has 124 valence electrons. The molecule has 1 aromatic carbocycles. The Hall–Kier alpha value is -1.72. The zero-order valence-electron chi connectivity index (χ0n) is 13.6. The van der Waals surface area contributed by atoms with E-state index in [0.29, 0.717) is 16.4 Å². The summed E-state index contributed by atoms with van der Waals surface area (Å²) in [4.78, 5) is 11.5. The van der Waals surface area contributed by atoms with Crippen LogP contribution in [0.4, 0.5) is 5.82 Å². The molecule has 1 atom stereocenters. The van der Waals surface area contributed by atoms with Gasteiger partial charge < -0.3 is 9.64 Å². The van der Waals surface area contributed by atoms with Gasteiger partial charge in [-0.25, -0.2) is 9.97 Å². The maximum Gasteiger partial charge on any atom is 0.190 e. The summed E-state index contributed by atoms with van der Waals surface area (Å²) in [6.07, 6.45) is 8.59. The highest BCUT2D eigenvalue weighted by Crippen LogP contribution is 2.45. The molecule has 1 aliphatic heterocycles. The molecule has 6 heteroatoms. The lowest BCUT2D eigenvalue weighted by atomic mass is 9.99. The molecule has 4 nitrogen and oxygen atoms in total. The third-order valence-corrected chi connectivity index (χ3v) is 5.26. The van der Waals surface area contributed by atoms with Crippen LogP contribution in [0.1, 0.15) is 30.0 Å². The first-order chi connectivity index (χ1) is 11.7. The van der Waals surface area contributed by atoms with Gasteiger partial charge in [0.15, 0.2) is 5.16 Å². The SMILES string of the molecule is COc1ccc(C2C=Cc3c(Cl)nc(SC)nc3N2C2CC2)cc1. The molecule has 2 aliphatic rings. The van der Waals surface area contributed by atoms with E-state index in [4.69, 9.17) is 21.3 Å². The second-order valence-corrected chi connectivity index (χ2v) is 7.09. The predicted molar refractivity (Wildman–Crippen MR) is 99.1 cm³/mol. The standard InChI is InChI=1S/C18H18ClN3OS/c1-23-13-7-3-11(4-8-13)15-10-9-14-16(19)20-18(24-2)21-17(14)22(15)12-5-6-12/h3-4,7-10,12,15H,5-6H2,1-2H3. The number of aromatic nitrogens is 2. The summed E-state index contributed by atoms with van der Waals surface area (Å²) in [6.45, 7) is 0. The van der Waals surface area contributed by atoms with Gasteiger partial charge >= 0.3 is 0 Å². The minimum atomic E-state index is 0.163. The van der Waals surface area contributed by atoms with Gasteiger partial charge in [-0.15, -0.1) is 0 Å². The molecule has 1 aromatic heterocycles. The van der Waals surface area contributed by atoms with Gasteiger partial charge in [-0.05, 0) is 42.9 Å². The number of halogens is 1. The van der Waals surface area contributed by atoms with Gasteiger partial charge in [-0.1, -0.05) is 41.6 Å². The minimum absolute atomic E-state index is 0.163. The summed E-state index contributed by atoms with van der Waals surface area (Å²) < 4.78 is 5.27. The zero-order valence-corrected chi connectivity index (χ0v) is 15.1. The third-order valence-electron chi connectivity index (χ3n) is 4.43. The molecule has 0 saturated heterocycles. The molecule has 4 rings (SSSR count). The van der Waals surface area contributed by atoms with Crippen molar-refractivity contribution in [3.05, 3.63) is 46.6 Å². The highest BCUT2D eigenvalue weighted by atomic mass is 35.5. The Morgan fingerprint density at radius 2 is 1.96 bits per heavy atom. The largest absolute Gasteiger partial charge is 0.497 e. The minimum Gasteiger partial charge on any atom is -0.497 e. The van der Waals surface area contributed by atoms with Gasteiger partial charge in [-0.3, -0.25) is 0 Å². The van der Waals surface area contributed by atoms with Gasteiger partial charge in [0.25, 0.3) is 0 Å². The lowest BCUT2D eigenvalue weighted by molar-refractivity contribution is 0.414. The Balaban J connectivity index is 1.78. The molecule has 0 bridgehead atoms. The lowest BCUT2D eigenvalue weighted by Gasteiger charge is -2.35. The van der Waals surface area contributed by atoms with Crippen molar-refractivity contribution in [2.24, 2.45) is 0 Å². The summed E-state index contributed by atoms with van der Waals surface area (Å²) >= 11 is 7.91. The molecule has 0 radical (unpaired) electrons. The van der Waals surface area contributed by atoms with Gasteiger partial charge in [0.05, 0.1) is 18.7 Å². The molecular weight excluding hydrogens is 342 g/mol. The fraction of sp³-hybridized carbons (Fsp3) is 0.333. The first kappa shape index (κ1) is 15.8. The number of rotatable bonds is 4. The fourth-order valence-corrected chi connectivity index (χ4v) is 3.72. The second kappa shape index (κ2) is 6.30. The molecule has 1 unspecified atom stereocenters. The van der Waals surface area contributed by atoms with Crippen molar-refractivity contribution in [3.8, 4) is 5.75 Å². The molecular formula is C18H18ClN3OS. The first-order valence-corrected chi connectivity index (χ1v) is 9.53. The Labute approximate surface area is 150 Å². The van der Waals surface area contributed by atoms with E-state index < -0.39 is 0 Å². The Bertz CT molecular complexity index is 790. The maximum absolute atomic E-state index is 6.39. The number of ether oxygens (including phenoxy) is 1. The lowest BCUT2D eigenvalue weighted by Crippen LogP contribution is -2.33. The van der Waals surface area contributed by atoms with Crippen molar-refractivity contribution in [1.29, 1.82) is 0 Å². The van der Waals surface area contributed by atoms with E-state index in [0.717, 1.165) is 17.1 Å². The fourth-order valence-electron chi connectivity index (χ4n) is 3.08. The van der Waals surface area contributed by atoms with Crippen molar-refractivity contribution in [3.63, 3.8) is 0 Å². The average Bonchev–Trinajstić information content (AvgIpc) is 3.45. The van der Waals surface area contributed by atoms with Crippen molar-refractivity contribution in [2.45, 2.75) is 30.1 Å². The number of thioether (sulfide) groups is 1. The maximum atomic E-state index is 6.39. The number of hydrogen-bond acceptors (Lipinski definition) is 5. The van der Waals surface area contributed by atoms with Crippen LogP contribution in [-0.2, 0) is 0 Å². The Kier molecular flexibility index (Phi) is 4.14. The summed E-state index contributed by atoms with van der Waals surface area (Å²) in [5.41, 5.74) is 2.15. The first-order valence-electron chi connectivity index (χ1n) is 7.93. The highest BCUT2D eigenvalue weighted by Gasteiger charge is 2.38. The normalized spacial score (nSPS) is 19.3. The van der Waals surface area contributed by atoms with Crippen LogP contribution >= 0.6 is 23.4 Å². The number of nitrogens with zero attached hydrogens (tertiary/aromatic N) is 3. The van der Waals surface area contributed by atoms with Gasteiger partial charge in [0.2, 0.25) is 0 Å². The van der Waals surface area contributed by atoms with Crippen LogP contribution in [0.2, 0.25) is 5.15 Å². The quantitative estimate of drug-likeness (QED) is 0.453. The van der Waals surface area contributed by atoms with E-state index in [2.05, 4.69) is 34.2 Å². The van der Waals surface area contributed by atoms with Crippen LogP contribution in [0.25, 0.3) is 6.08 Å². The van der Waals surface area contributed by atoms with Crippen LogP contribution in [0.15, 0.2) is 35.5 Å². The molecule has 1 fully saturated rings. The summed E-state index contributed by atoms with van der Waals surface area (Å²) in [7, 11) is 1.69. The Morgan fingerprint density at radius 1 is 1.21 bits per heavy atom. The van der Waals surface area contributed by atoms with Gasteiger partial charge in [0, 0.05) is 6.04 Å². The molecule has 1 saturated carbocycles. The summed E-state index contributed by atoms with van der Waals surface area (Å²) in [6, 6.07) is 8.92. The average molecular weight is 360 g/mol. The number of fused-ring (bicyclic) bond motifs is 1. The van der Waals surface area contributed by atoms with Crippen molar-refractivity contribution >= 4 is 35.3 Å². The van der Waals surface area contributed by atoms with E-state index in [1.165, 1.54) is 30.2 Å². The molecule has 0 N–H and O–H groups in total. The van der Waals surface area contributed by atoms with Crippen LogP contribution in [0.5, 0.6) is 5.75 Å². The molecule has 24 heavy (non-hydrogen) atoms. The van der Waals surface area contributed by atoms with Crippen LogP contribution < -0.4 is 9.64 Å². The van der Waals surface area contributed by atoms with Gasteiger partial charge in [-0.2, -0.15) is 0 Å². The van der Waals surface area contributed by atoms with Crippen LogP contribution in [0.3, 0.4) is 0 Å². The van der Waals surface area contributed by atoms with Crippen molar-refractivity contribution in [1.82, 2.24) is 9.97 Å². The van der Waals surface area contributed by atoms with E-state index >= 15 is 0 Å². The molecule has 1 aliphatic carbocycles. The van der Waals surface area contributed by atoms with Crippen molar-refractivity contribution in [2.75, 3.05) is 18.3 Å². The molecule has 0 amide bonds. The molecule has 2 heterocycles. The number of benzene rings is 1. The van der Waals surface area contributed by atoms with E-state index in [-0.39, 0.29) is 6.04 Å². The summed E-state index contributed by atoms with van der Waals surface area (Å²) in [5.74, 6) is 1.82. The number of anilines is 1. The smallest absolute Gasteiger partial charge is 0.190 e. The third kappa shape index (κ3) is 2.76. The molecule has 0 spiro atoms. The topological polar surface area (TPSA) is 38.3 Å². The van der Waals surface area contributed by atoms with Gasteiger partial charge in [0.1, 0.15) is 16.7 Å². The zero-order chi connectivity index (χ0) is 16.7. The van der Waals surface area contributed by atoms with E-state index in [1.54, 1.807) is 7.11 Å². The van der Waals surface area contributed by atoms with E-state index in [9.17, 15) is 0 Å². The monoisotopic (exact) mass is 359 g/mol. The molecule has 2 aromatic rings. The van der Waals surface area contributed by atoms with Crippen molar-refractivity contribution < 1.29 is 4.74 Å². The number of hydrogen-bond donors (Lipinski definition) is 0. The Morgan fingerprint density at radius 3 is 2.58 bits per heavy atom. The van der Waals surface area contributed by atoms with E-state index in [1.807, 2.05) is 18.4 Å².